The molecule has 124 valence electrons. The van der Waals surface area contributed by atoms with Crippen LogP contribution >= 0.6 is 22.9 Å². The lowest BCUT2D eigenvalue weighted by Crippen LogP contribution is -2.21. The minimum absolute atomic E-state index is 0.101. The monoisotopic (exact) mass is 350 g/mol. The second-order valence-electron chi connectivity index (χ2n) is 5.35. The number of fused-ring (bicyclic) bond motifs is 1. The summed E-state index contributed by atoms with van der Waals surface area (Å²) in [5.74, 6) is 0.936. The van der Waals surface area contributed by atoms with E-state index in [0.717, 1.165) is 40.3 Å². The number of Topliss-reactive ketones (excluding diaryl/α,β-unsaturated/α-hetero) is 1. The van der Waals surface area contributed by atoms with Crippen LogP contribution in [0.2, 0.25) is 5.02 Å². The fraction of sp³-hybridized carbons (Fsp3) is 0.421. The molecule has 1 aromatic heterocycles. The Bertz CT molecular complexity index is 691. The molecule has 23 heavy (non-hydrogen) atoms. The fourth-order valence-electron chi connectivity index (χ4n) is 2.62. The number of carbonyl (C=O) groups is 1. The van der Waals surface area contributed by atoms with Gasteiger partial charge in [0.2, 0.25) is 0 Å². The lowest BCUT2D eigenvalue weighted by atomic mass is 9.98. The van der Waals surface area contributed by atoms with E-state index in [9.17, 15) is 4.79 Å². The lowest BCUT2D eigenvalue weighted by Gasteiger charge is -2.26. The van der Waals surface area contributed by atoms with Crippen molar-refractivity contribution in [3.8, 4) is 16.2 Å². The van der Waals surface area contributed by atoms with Crippen molar-refractivity contribution in [2.45, 2.75) is 53.1 Å². The van der Waals surface area contributed by atoms with E-state index in [1.165, 1.54) is 16.9 Å². The molecule has 0 bridgehead atoms. The first kappa shape index (κ1) is 18.0. The molecule has 0 radical (unpaired) electrons. The van der Waals surface area contributed by atoms with Crippen LogP contribution in [0.5, 0.6) is 5.75 Å². The zero-order valence-corrected chi connectivity index (χ0v) is 15.7. The molecule has 0 spiro atoms. The van der Waals surface area contributed by atoms with Gasteiger partial charge in [-0.2, -0.15) is 0 Å². The van der Waals surface area contributed by atoms with Crippen LogP contribution in [0.25, 0.3) is 10.4 Å². The first-order valence-electron chi connectivity index (χ1n) is 8.18. The Labute approximate surface area is 147 Å². The van der Waals surface area contributed by atoms with Crippen molar-refractivity contribution in [3.63, 3.8) is 0 Å². The van der Waals surface area contributed by atoms with Gasteiger partial charge in [-0.05, 0) is 61.6 Å². The summed E-state index contributed by atoms with van der Waals surface area (Å²) >= 11 is 7.91. The first-order valence-corrected chi connectivity index (χ1v) is 9.38. The largest absolute Gasteiger partial charge is 0.489 e. The van der Waals surface area contributed by atoms with Crippen LogP contribution in [0, 0.1) is 0 Å². The Balaban J connectivity index is 0.000000924. The molecule has 1 aliphatic rings. The molecular weight excluding hydrogens is 328 g/mol. The van der Waals surface area contributed by atoms with Crippen LogP contribution in [0.4, 0.5) is 0 Å². The zero-order chi connectivity index (χ0) is 17.0. The zero-order valence-electron chi connectivity index (χ0n) is 14.1. The van der Waals surface area contributed by atoms with E-state index in [2.05, 4.69) is 13.0 Å². The molecule has 1 unspecified atom stereocenters. The summed E-state index contributed by atoms with van der Waals surface area (Å²) in [6, 6.07) is 7.94. The molecule has 0 fully saturated rings. The molecule has 0 N–H and O–H groups in total. The summed E-state index contributed by atoms with van der Waals surface area (Å²) in [4.78, 5) is 13.3. The Morgan fingerprint density at radius 2 is 2.09 bits per heavy atom. The number of thiophene rings is 1. The van der Waals surface area contributed by atoms with Crippen LogP contribution in [-0.4, -0.2) is 11.9 Å². The topological polar surface area (TPSA) is 26.3 Å². The summed E-state index contributed by atoms with van der Waals surface area (Å²) in [5, 5.41) is 0.665. The van der Waals surface area contributed by atoms with Crippen molar-refractivity contribution in [2.24, 2.45) is 0 Å². The highest BCUT2D eigenvalue weighted by Gasteiger charge is 2.22. The number of hydrogen-bond donors (Lipinski definition) is 0. The van der Waals surface area contributed by atoms with Gasteiger partial charge in [0.05, 0.1) is 16.0 Å². The maximum absolute atomic E-state index is 11.4. The average Bonchev–Trinajstić information content (AvgIpc) is 3.06. The second kappa shape index (κ2) is 7.98. The van der Waals surface area contributed by atoms with Gasteiger partial charge in [-0.1, -0.05) is 32.4 Å². The number of carbonyl (C=O) groups excluding carboxylic acids is 1. The molecule has 1 aromatic carbocycles. The fourth-order valence-corrected chi connectivity index (χ4v) is 3.79. The Hall–Kier alpha value is -1.32. The van der Waals surface area contributed by atoms with Crippen LogP contribution in [0.1, 0.15) is 55.8 Å². The van der Waals surface area contributed by atoms with E-state index in [4.69, 9.17) is 16.3 Å². The minimum atomic E-state index is 0.101. The minimum Gasteiger partial charge on any atom is -0.489 e. The van der Waals surface area contributed by atoms with Crippen molar-refractivity contribution in [3.05, 3.63) is 39.7 Å². The van der Waals surface area contributed by atoms with Gasteiger partial charge < -0.3 is 4.74 Å². The van der Waals surface area contributed by atoms with Gasteiger partial charge >= 0.3 is 0 Å². The summed E-state index contributed by atoms with van der Waals surface area (Å²) in [6.07, 6.45) is 3.30. The van der Waals surface area contributed by atoms with E-state index in [0.29, 0.717) is 5.02 Å². The van der Waals surface area contributed by atoms with Crippen LogP contribution in [0.15, 0.2) is 24.3 Å². The molecule has 2 aromatic rings. The Morgan fingerprint density at radius 1 is 1.35 bits per heavy atom. The Kier molecular flexibility index (Phi) is 6.25. The van der Waals surface area contributed by atoms with Gasteiger partial charge in [-0.3, -0.25) is 4.79 Å². The molecule has 0 saturated carbocycles. The third-order valence-corrected chi connectivity index (χ3v) is 5.35. The first-order chi connectivity index (χ1) is 11.1. The molecule has 2 nitrogen and oxygen atoms in total. The average molecular weight is 351 g/mol. The highest BCUT2D eigenvalue weighted by atomic mass is 35.5. The van der Waals surface area contributed by atoms with Crippen molar-refractivity contribution < 1.29 is 9.53 Å². The van der Waals surface area contributed by atoms with Crippen LogP contribution in [-0.2, 0) is 6.42 Å². The molecule has 4 heteroatoms. The molecule has 1 aliphatic heterocycles. The van der Waals surface area contributed by atoms with Gasteiger partial charge in [0.1, 0.15) is 5.75 Å². The van der Waals surface area contributed by atoms with Crippen molar-refractivity contribution >= 4 is 28.7 Å². The molecule has 0 aliphatic carbocycles. The van der Waals surface area contributed by atoms with E-state index >= 15 is 0 Å². The summed E-state index contributed by atoms with van der Waals surface area (Å²) < 4.78 is 5.96. The van der Waals surface area contributed by atoms with Gasteiger partial charge in [0.15, 0.2) is 5.78 Å². The number of ether oxygens (including phenoxy) is 1. The van der Waals surface area contributed by atoms with Crippen molar-refractivity contribution in [1.29, 1.82) is 0 Å². The third-order valence-electron chi connectivity index (χ3n) is 3.83. The summed E-state index contributed by atoms with van der Waals surface area (Å²) in [5.41, 5.74) is 2.23. The molecular formula is C19H23ClO2S. The van der Waals surface area contributed by atoms with Crippen molar-refractivity contribution in [1.82, 2.24) is 0 Å². The van der Waals surface area contributed by atoms with Gasteiger partial charge in [0.25, 0.3) is 0 Å². The molecule has 2 heterocycles. The highest BCUT2D eigenvalue weighted by Crippen LogP contribution is 2.40. The smallest absolute Gasteiger partial charge is 0.169 e. The summed E-state index contributed by atoms with van der Waals surface area (Å²) in [7, 11) is 0. The Morgan fingerprint density at radius 3 is 2.70 bits per heavy atom. The van der Waals surface area contributed by atoms with Gasteiger partial charge in [0, 0.05) is 4.88 Å². The second-order valence-corrected chi connectivity index (χ2v) is 6.84. The van der Waals surface area contributed by atoms with Crippen LogP contribution < -0.4 is 4.74 Å². The number of hydrogen-bond acceptors (Lipinski definition) is 3. The quantitative estimate of drug-likeness (QED) is 0.598. The van der Waals surface area contributed by atoms with Gasteiger partial charge in [-0.25, -0.2) is 0 Å². The van der Waals surface area contributed by atoms with Crippen LogP contribution in [0.3, 0.4) is 0 Å². The third kappa shape index (κ3) is 3.96. The van der Waals surface area contributed by atoms with Crippen molar-refractivity contribution in [2.75, 3.05) is 0 Å². The molecule has 0 amide bonds. The number of ketones is 1. The molecule has 1 atom stereocenters. The van der Waals surface area contributed by atoms with E-state index < -0.39 is 0 Å². The number of benzene rings is 1. The predicted octanol–water partition coefficient (Wildman–Crippen LogP) is 6.40. The number of rotatable bonds is 3. The predicted molar refractivity (Wildman–Crippen MR) is 99.1 cm³/mol. The highest BCUT2D eigenvalue weighted by molar-refractivity contribution is 7.17. The van der Waals surface area contributed by atoms with E-state index in [1.54, 1.807) is 6.92 Å². The summed E-state index contributed by atoms with van der Waals surface area (Å²) in [6.45, 7) is 7.72. The SMILES string of the molecule is CC.CCC1CCc2cc(-c3ccc(C(C)=O)s3)cc(Cl)c2O1. The molecule has 0 saturated heterocycles. The lowest BCUT2D eigenvalue weighted by molar-refractivity contribution is 0.102. The molecule has 3 rings (SSSR count). The van der Waals surface area contributed by atoms with E-state index in [1.807, 2.05) is 32.0 Å². The maximum atomic E-state index is 11.4. The maximum Gasteiger partial charge on any atom is 0.169 e. The van der Waals surface area contributed by atoms with Gasteiger partial charge in [-0.15, -0.1) is 11.3 Å². The number of aryl methyl sites for hydroxylation is 1. The number of halogens is 1. The standard InChI is InChI=1S/C17H17ClO2S.C2H6/c1-3-13-5-4-11-8-12(9-14(18)17(11)20-13)16-7-6-15(21-16)10(2)19;1-2/h6-9,13H,3-5H2,1-2H3;1-2H3. The normalized spacial score (nSPS) is 16.0. The van der Waals surface area contributed by atoms with E-state index in [-0.39, 0.29) is 11.9 Å².